The first-order valence-corrected chi connectivity index (χ1v) is 10.1. The minimum absolute atomic E-state index is 0.0981. The molecule has 2 heterocycles. The van der Waals surface area contributed by atoms with E-state index in [2.05, 4.69) is 9.97 Å². The second-order valence-corrected chi connectivity index (χ2v) is 7.16. The largest absolute Gasteiger partial charge is 0.449 e. The zero-order valence-electron chi connectivity index (χ0n) is 17.1. The summed E-state index contributed by atoms with van der Waals surface area (Å²) in [5.74, 6) is -0.663. The lowest BCUT2D eigenvalue weighted by Crippen LogP contribution is -2.27. The Morgan fingerprint density at radius 3 is 2.45 bits per heavy atom. The molecule has 6 nitrogen and oxygen atoms in total. The molecule has 0 aliphatic rings. The van der Waals surface area contributed by atoms with E-state index >= 15 is 0 Å². The molecule has 0 atom stereocenters. The molecule has 0 unspecified atom stereocenters. The second kappa shape index (κ2) is 10.1. The van der Waals surface area contributed by atoms with Crippen molar-refractivity contribution in [2.45, 2.75) is 19.8 Å². The maximum atomic E-state index is 14.5. The number of aromatic nitrogens is 2. The number of carbonyl (C=O) groups excluding carboxylic acids is 2. The molecule has 31 heavy (non-hydrogen) atoms. The van der Waals surface area contributed by atoms with Crippen LogP contribution in [0, 0.1) is 5.82 Å². The molecule has 0 radical (unpaired) electrons. The van der Waals surface area contributed by atoms with E-state index in [0.29, 0.717) is 34.8 Å². The zero-order chi connectivity index (χ0) is 22.4. The maximum absolute atomic E-state index is 14.5. The summed E-state index contributed by atoms with van der Waals surface area (Å²) in [5, 5.41) is 0.407. The molecular formula is C23H21ClFN3O3. The van der Waals surface area contributed by atoms with Crippen molar-refractivity contribution in [3.05, 3.63) is 77.1 Å². The molecule has 3 aromatic rings. The lowest BCUT2D eigenvalue weighted by Gasteiger charge is -2.17. The van der Waals surface area contributed by atoms with E-state index in [4.69, 9.17) is 16.3 Å². The molecule has 0 saturated carbocycles. The van der Waals surface area contributed by atoms with Crippen LogP contribution in [0.15, 0.2) is 54.9 Å². The number of Topliss-reactive ketones (excluding diaryl/α,β-unsaturated/α-hetero) is 1. The molecule has 2 aromatic heterocycles. The SMILES string of the molecule is CCOC(=O)N(C)c1ccc(-c2ccc(C(=O)CCc3ccc(Cl)nc3)nc2)cc1F. The molecule has 8 heteroatoms. The summed E-state index contributed by atoms with van der Waals surface area (Å²) in [6.07, 6.45) is 3.37. The Kier molecular flexibility index (Phi) is 7.31. The molecule has 0 saturated heterocycles. The van der Waals surface area contributed by atoms with Gasteiger partial charge in [-0.15, -0.1) is 0 Å². The van der Waals surface area contributed by atoms with Crippen LogP contribution in [-0.4, -0.2) is 35.5 Å². The fraction of sp³-hybridized carbons (Fsp3) is 0.217. The molecule has 0 spiro atoms. The predicted molar refractivity (Wildman–Crippen MR) is 117 cm³/mol. The topological polar surface area (TPSA) is 72.4 Å². The van der Waals surface area contributed by atoms with Crippen molar-refractivity contribution in [1.82, 2.24) is 9.97 Å². The monoisotopic (exact) mass is 441 g/mol. The van der Waals surface area contributed by atoms with Gasteiger partial charge in [-0.05, 0) is 48.7 Å². The molecule has 0 fully saturated rings. The fourth-order valence-electron chi connectivity index (χ4n) is 2.95. The van der Waals surface area contributed by atoms with E-state index in [-0.39, 0.29) is 18.1 Å². The maximum Gasteiger partial charge on any atom is 0.414 e. The molecule has 0 aliphatic carbocycles. The van der Waals surface area contributed by atoms with Crippen molar-refractivity contribution in [3.8, 4) is 11.1 Å². The third-order valence-corrected chi connectivity index (χ3v) is 4.89. The number of amides is 1. The number of halogens is 2. The number of carbonyl (C=O) groups is 2. The van der Waals surface area contributed by atoms with Crippen LogP contribution < -0.4 is 4.90 Å². The Hall–Kier alpha value is -3.32. The Bertz CT molecular complexity index is 1070. The summed E-state index contributed by atoms with van der Waals surface area (Å²) in [5.41, 5.74) is 2.60. The number of hydrogen-bond acceptors (Lipinski definition) is 5. The van der Waals surface area contributed by atoms with Gasteiger partial charge in [0.25, 0.3) is 0 Å². The highest BCUT2D eigenvalue weighted by Gasteiger charge is 2.16. The number of anilines is 1. The molecule has 0 bridgehead atoms. The average molecular weight is 442 g/mol. The van der Waals surface area contributed by atoms with Crippen LogP contribution in [0.4, 0.5) is 14.9 Å². The highest BCUT2D eigenvalue weighted by atomic mass is 35.5. The lowest BCUT2D eigenvalue weighted by atomic mass is 10.0. The van der Waals surface area contributed by atoms with Gasteiger partial charge >= 0.3 is 6.09 Å². The Morgan fingerprint density at radius 1 is 1.06 bits per heavy atom. The van der Waals surface area contributed by atoms with Crippen molar-refractivity contribution >= 4 is 29.2 Å². The molecule has 3 rings (SSSR count). The van der Waals surface area contributed by atoms with Crippen LogP contribution in [0.5, 0.6) is 0 Å². The van der Waals surface area contributed by atoms with Crippen molar-refractivity contribution in [3.63, 3.8) is 0 Å². The van der Waals surface area contributed by atoms with E-state index < -0.39 is 11.9 Å². The number of nitrogens with zero attached hydrogens (tertiary/aromatic N) is 3. The normalized spacial score (nSPS) is 10.6. The third-order valence-electron chi connectivity index (χ3n) is 4.66. The van der Waals surface area contributed by atoms with Crippen LogP contribution in [0.3, 0.4) is 0 Å². The van der Waals surface area contributed by atoms with Crippen LogP contribution in [-0.2, 0) is 11.2 Å². The Morgan fingerprint density at radius 2 is 1.84 bits per heavy atom. The molecule has 1 aromatic carbocycles. The van der Waals surface area contributed by atoms with Gasteiger partial charge in [-0.1, -0.05) is 29.8 Å². The van der Waals surface area contributed by atoms with Gasteiger partial charge in [0, 0.05) is 31.4 Å². The summed E-state index contributed by atoms with van der Waals surface area (Å²) in [6, 6.07) is 11.3. The number of ether oxygens (including phenoxy) is 1. The van der Waals surface area contributed by atoms with Crippen molar-refractivity contribution in [2.24, 2.45) is 0 Å². The van der Waals surface area contributed by atoms with Crippen LogP contribution in [0.2, 0.25) is 5.15 Å². The Balaban J connectivity index is 1.67. The quantitative estimate of drug-likeness (QED) is 0.365. The predicted octanol–water partition coefficient (Wildman–Crippen LogP) is 5.34. The first-order chi connectivity index (χ1) is 14.9. The summed E-state index contributed by atoms with van der Waals surface area (Å²) < 4.78 is 19.4. The minimum atomic E-state index is -0.631. The fourth-order valence-corrected chi connectivity index (χ4v) is 3.06. The van der Waals surface area contributed by atoms with E-state index in [9.17, 15) is 14.0 Å². The number of rotatable bonds is 7. The first-order valence-electron chi connectivity index (χ1n) is 9.69. The standard InChI is InChI=1S/C23H21ClFN3O3/c1-3-31-23(30)28(2)20-9-7-16(12-18(20)25)17-6-8-19(26-14-17)21(29)10-4-15-5-11-22(24)27-13-15/h5-9,11-14H,3-4,10H2,1-2H3. The van der Waals surface area contributed by atoms with E-state index in [1.807, 2.05) is 6.07 Å². The van der Waals surface area contributed by atoms with E-state index in [1.54, 1.807) is 37.4 Å². The molecule has 0 N–H and O–H groups in total. The van der Waals surface area contributed by atoms with Crippen LogP contribution >= 0.6 is 11.6 Å². The highest BCUT2D eigenvalue weighted by molar-refractivity contribution is 6.29. The van der Waals surface area contributed by atoms with Crippen molar-refractivity contribution in [1.29, 1.82) is 0 Å². The Labute approximate surface area is 184 Å². The van der Waals surface area contributed by atoms with Gasteiger partial charge < -0.3 is 4.74 Å². The van der Waals surface area contributed by atoms with Crippen LogP contribution in [0.1, 0.15) is 29.4 Å². The lowest BCUT2D eigenvalue weighted by molar-refractivity contribution is 0.0978. The summed E-state index contributed by atoms with van der Waals surface area (Å²) in [4.78, 5) is 33.5. The van der Waals surface area contributed by atoms with Crippen LogP contribution in [0.25, 0.3) is 11.1 Å². The van der Waals surface area contributed by atoms with Crippen molar-refractivity contribution in [2.75, 3.05) is 18.6 Å². The minimum Gasteiger partial charge on any atom is -0.449 e. The van der Waals surface area contributed by atoms with Gasteiger partial charge in [0.1, 0.15) is 16.7 Å². The molecular weight excluding hydrogens is 421 g/mol. The summed E-state index contributed by atoms with van der Waals surface area (Å²) in [7, 11) is 1.44. The molecule has 0 aliphatic heterocycles. The smallest absolute Gasteiger partial charge is 0.414 e. The number of ketones is 1. The number of pyridine rings is 2. The van der Waals surface area contributed by atoms with Gasteiger partial charge in [-0.3, -0.25) is 14.7 Å². The number of hydrogen-bond donors (Lipinski definition) is 0. The van der Waals surface area contributed by atoms with Crippen molar-refractivity contribution < 1.29 is 18.7 Å². The van der Waals surface area contributed by atoms with Gasteiger partial charge in [0.15, 0.2) is 5.78 Å². The second-order valence-electron chi connectivity index (χ2n) is 6.77. The van der Waals surface area contributed by atoms with Gasteiger partial charge in [-0.2, -0.15) is 0 Å². The number of benzene rings is 1. The third kappa shape index (κ3) is 5.64. The summed E-state index contributed by atoms with van der Waals surface area (Å²) >= 11 is 5.76. The van der Waals surface area contributed by atoms with Gasteiger partial charge in [-0.25, -0.2) is 14.2 Å². The number of aryl methyl sites for hydroxylation is 1. The zero-order valence-corrected chi connectivity index (χ0v) is 17.9. The first kappa shape index (κ1) is 22.4. The molecule has 160 valence electrons. The summed E-state index contributed by atoms with van der Waals surface area (Å²) in [6.45, 7) is 1.89. The van der Waals surface area contributed by atoms with Gasteiger partial charge in [0.2, 0.25) is 0 Å². The molecule has 1 amide bonds. The highest BCUT2D eigenvalue weighted by Crippen LogP contribution is 2.26. The van der Waals surface area contributed by atoms with Gasteiger partial charge in [0.05, 0.1) is 12.3 Å². The van der Waals surface area contributed by atoms with E-state index in [0.717, 1.165) is 10.5 Å². The average Bonchev–Trinajstić information content (AvgIpc) is 2.78. The van der Waals surface area contributed by atoms with E-state index in [1.165, 1.54) is 25.4 Å².